The maximum absolute atomic E-state index is 10.5. The van der Waals surface area contributed by atoms with Crippen LogP contribution in [0.2, 0.25) is 0 Å². The minimum atomic E-state index is -4.25. The molecule has 1 rings (SSSR count). The molecule has 1 saturated carbocycles. The maximum atomic E-state index is 10.5. The largest absolute Gasteiger partial charge is 1.00 e. The first-order valence-electron chi connectivity index (χ1n) is 3.15. The standard InChI is InChI=1S/C5H10O4S.Na/c6-5(10(7,8)9)3-1-2-4-5;/h6H,1-4H2,(H,7,8,9);/q;+1. The molecule has 0 bridgehead atoms. The molecule has 0 aromatic rings. The second kappa shape index (κ2) is 3.72. The van der Waals surface area contributed by atoms with Crippen molar-refractivity contribution in [3.05, 3.63) is 0 Å². The minimum absolute atomic E-state index is 0. The average Bonchev–Trinajstić information content (AvgIpc) is 2.13. The Labute approximate surface area is 88.0 Å². The van der Waals surface area contributed by atoms with E-state index in [0.717, 1.165) is 0 Å². The third-order valence-corrected chi connectivity index (χ3v) is 3.23. The van der Waals surface area contributed by atoms with Crippen molar-refractivity contribution in [2.75, 3.05) is 0 Å². The van der Waals surface area contributed by atoms with Crippen LogP contribution in [0.4, 0.5) is 0 Å². The van der Waals surface area contributed by atoms with Gasteiger partial charge >= 0.3 is 29.6 Å². The molecule has 0 amide bonds. The Bertz CT molecular complexity index is 217. The van der Waals surface area contributed by atoms with Gasteiger partial charge in [-0.15, -0.1) is 0 Å². The molecule has 0 heterocycles. The molecule has 1 aliphatic carbocycles. The summed E-state index contributed by atoms with van der Waals surface area (Å²) >= 11 is 0. The van der Waals surface area contributed by atoms with Crippen molar-refractivity contribution >= 4 is 10.1 Å². The Kier molecular flexibility index (Phi) is 4.02. The van der Waals surface area contributed by atoms with E-state index < -0.39 is 15.1 Å². The number of hydrogen-bond acceptors (Lipinski definition) is 3. The van der Waals surface area contributed by atoms with E-state index in [1.54, 1.807) is 0 Å². The van der Waals surface area contributed by atoms with Gasteiger partial charge in [0.2, 0.25) is 0 Å². The summed E-state index contributed by atoms with van der Waals surface area (Å²) in [4.78, 5) is -1.84. The van der Waals surface area contributed by atoms with Gasteiger partial charge in [-0.2, -0.15) is 8.42 Å². The predicted octanol–water partition coefficient (Wildman–Crippen LogP) is -2.86. The topological polar surface area (TPSA) is 74.6 Å². The van der Waals surface area contributed by atoms with Crippen molar-refractivity contribution < 1.29 is 47.6 Å². The molecule has 6 heteroatoms. The van der Waals surface area contributed by atoms with E-state index in [9.17, 15) is 13.5 Å². The van der Waals surface area contributed by atoms with Gasteiger partial charge in [0.05, 0.1) is 0 Å². The molecule has 60 valence electrons. The van der Waals surface area contributed by atoms with Crippen LogP contribution in [0.5, 0.6) is 0 Å². The summed E-state index contributed by atoms with van der Waals surface area (Å²) in [7, 11) is -4.25. The summed E-state index contributed by atoms with van der Waals surface area (Å²) in [6.45, 7) is 0. The van der Waals surface area contributed by atoms with Crippen LogP contribution < -0.4 is 29.6 Å². The Balaban J connectivity index is 0.000001000. The molecule has 0 radical (unpaired) electrons. The molecule has 2 N–H and O–H groups in total. The van der Waals surface area contributed by atoms with Crippen molar-refractivity contribution in [1.29, 1.82) is 0 Å². The quantitative estimate of drug-likeness (QED) is 0.344. The Hall–Kier alpha value is 0.870. The molecule has 0 aromatic heterocycles. The monoisotopic (exact) mass is 189 g/mol. The first-order valence-corrected chi connectivity index (χ1v) is 4.59. The second-order valence-corrected chi connectivity index (χ2v) is 4.34. The molecule has 0 saturated heterocycles. The fraction of sp³-hybridized carbons (Fsp3) is 1.00. The van der Waals surface area contributed by atoms with Crippen molar-refractivity contribution in [3.63, 3.8) is 0 Å². The molecule has 4 nitrogen and oxygen atoms in total. The zero-order valence-electron chi connectivity index (χ0n) is 6.45. The molecule has 0 unspecified atom stereocenters. The summed E-state index contributed by atoms with van der Waals surface area (Å²) < 4.78 is 29.4. The van der Waals surface area contributed by atoms with Crippen molar-refractivity contribution in [1.82, 2.24) is 0 Å². The molecule has 0 aromatic carbocycles. The van der Waals surface area contributed by atoms with Crippen LogP contribution >= 0.6 is 0 Å². The number of rotatable bonds is 1. The summed E-state index contributed by atoms with van der Waals surface area (Å²) in [6, 6.07) is 0. The van der Waals surface area contributed by atoms with E-state index in [1.165, 1.54) is 0 Å². The van der Waals surface area contributed by atoms with Crippen LogP contribution in [0.3, 0.4) is 0 Å². The number of hydrogen-bond donors (Lipinski definition) is 2. The first kappa shape index (κ1) is 11.9. The van der Waals surface area contributed by atoms with E-state index >= 15 is 0 Å². The van der Waals surface area contributed by atoms with E-state index in [4.69, 9.17) is 4.55 Å². The van der Waals surface area contributed by atoms with Crippen LogP contribution in [0.15, 0.2) is 0 Å². The van der Waals surface area contributed by atoms with E-state index in [2.05, 4.69) is 0 Å². The third-order valence-electron chi connectivity index (χ3n) is 1.86. The van der Waals surface area contributed by atoms with Crippen LogP contribution in [0.25, 0.3) is 0 Å². The van der Waals surface area contributed by atoms with Gasteiger partial charge in [0.1, 0.15) is 0 Å². The second-order valence-electron chi connectivity index (χ2n) is 2.63. The zero-order chi connectivity index (χ0) is 7.83. The Morgan fingerprint density at radius 1 is 1.18 bits per heavy atom. The average molecular weight is 189 g/mol. The summed E-state index contributed by atoms with van der Waals surface area (Å²) in [5.74, 6) is 0. The molecule has 1 fully saturated rings. The Morgan fingerprint density at radius 3 is 1.73 bits per heavy atom. The molecule has 0 aliphatic heterocycles. The van der Waals surface area contributed by atoms with Gasteiger partial charge in [-0.25, -0.2) is 0 Å². The third kappa shape index (κ3) is 2.40. The summed E-state index contributed by atoms with van der Waals surface area (Å²) in [6.07, 6.45) is 1.64. The predicted molar refractivity (Wildman–Crippen MR) is 35.0 cm³/mol. The van der Waals surface area contributed by atoms with E-state index in [-0.39, 0.29) is 42.4 Å². The molecular formula is C5H10NaO4S+. The van der Waals surface area contributed by atoms with Gasteiger partial charge < -0.3 is 5.11 Å². The summed E-state index contributed by atoms with van der Waals surface area (Å²) in [5, 5.41) is 9.19. The molecular weight excluding hydrogens is 179 g/mol. The molecule has 0 atom stereocenters. The SMILES string of the molecule is O=S(=O)(O)C1(O)CCCC1.[Na+]. The summed E-state index contributed by atoms with van der Waals surface area (Å²) in [5.41, 5.74) is 0. The smallest absolute Gasteiger partial charge is 0.372 e. The van der Waals surface area contributed by atoms with Gasteiger partial charge in [-0.1, -0.05) is 0 Å². The van der Waals surface area contributed by atoms with Gasteiger partial charge in [0.25, 0.3) is 10.1 Å². The van der Waals surface area contributed by atoms with E-state index in [0.29, 0.717) is 12.8 Å². The van der Waals surface area contributed by atoms with Crippen LogP contribution in [-0.4, -0.2) is 23.0 Å². The van der Waals surface area contributed by atoms with Gasteiger partial charge in [-0.3, -0.25) is 4.55 Å². The first-order chi connectivity index (χ1) is 4.46. The van der Waals surface area contributed by atoms with Gasteiger partial charge in [0, 0.05) is 0 Å². The normalized spacial score (nSPS) is 22.7. The number of aliphatic hydroxyl groups is 1. The zero-order valence-corrected chi connectivity index (χ0v) is 9.26. The molecule has 11 heavy (non-hydrogen) atoms. The van der Waals surface area contributed by atoms with Crippen molar-refractivity contribution in [3.8, 4) is 0 Å². The minimum Gasteiger partial charge on any atom is -0.372 e. The van der Waals surface area contributed by atoms with Crippen LogP contribution in [-0.2, 0) is 10.1 Å². The van der Waals surface area contributed by atoms with E-state index in [1.807, 2.05) is 0 Å². The fourth-order valence-corrected chi connectivity index (χ4v) is 1.99. The molecule has 1 aliphatic rings. The fourth-order valence-electron chi connectivity index (χ4n) is 1.19. The van der Waals surface area contributed by atoms with Gasteiger partial charge in [-0.05, 0) is 25.7 Å². The van der Waals surface area contributed by atoms with Crippen LogP contribution in [0.1, 0.15) is 25.7 Å². The van der Waals surface area contributed by atoms with Gasteiger partial charge in [0.15, 0.2) is 4.93 Å². The maximum Gasteiger partial charge on any atom is 1.00 e. The van der Waals surface area contributed by atoms with Crippen molar-refractivity contribution in [2.45, 2.75) is 30.6 Å². The van der Waals surface area contributed by atoms with Crippen molar-refractivity contribution in [2.24, 2.45) is 0 Å². The molecule has 0 spiro atoms. The Morgan fingerprint density at radius 2 is 1.55 bits per heavy atom. The van der Waals surface area contributed by atoms with Crippen LogP contribution in [0, 0.1) is 0 Å².